The molecule has 0 saturated heterocycles. The van der Waals surface area contributed by atoms with Gasteiger partial charge in [0.2, 0.25) is 15.9 Å². The van der Waals surface area contributed by atoms with Crippen LogP contribution in [-0.2, 0) is 24.7 Å². The number of rotatable bonds is 12. The Morgan fingerprint density at radius 2 is 1.68 bits per heavy atom. The van der Waals surface area contributed by atoms with Crippen LogP contribution in [0.25, 0.3) is 21.3 Å². The van der Waals surface area contributed by atoms with Crippen molar-refractivity contribution < 1.29 is 26.4 Å². The molecule has 13 heteroatoms. The van der Waals surface area contributed by atoms with Crippen LogP contribution >= 0.6 is 11.3 Å². The van der Waals surface area contributed by atoms with Gasteiger partial charge in [0.05, 0.1) is 21.7 Å². The fourth-order valence-electron chi connectivity index (χ4n) is 3.66. The van der Waals surface area contributed by atoms with Gasteiger partial charge in [-0.1, -0.05) is 32.0 Å². The lowest BCUT2D eigenvalue weighted by Gasteiger charge is -2.15. The molecule has 1 aromatic heterocycles. The summed E-state index contributed by atoms with van der Waals surface area (Å²) in [5, 5.41) is 8.72. The Balaban J connectivity index is 1.95. The van der Waals surface area contributed by atoms with E-state index in [1.54, 1.807) is 31.2 Å². The minimum absolute atomic E-state index is 0.0985. The maximum Gasteiger partial charge on any atom is 0.251 e. The van der Waals surface area contributed by atoms with E-state index in [1.807, 2.05) is 25.1 Å². The van der Waals surface area contributed by atoms with Crippen LogP contribution in [0.15, 0.2) is 42.5 Å². The summed E-state index contributed by atoms with van der Waals surface area (Å²) in [4.78, 5) is 29.7. The number of aromatic nitrogens is 1. The van der Waals surface area contributed by atoms with Crippen LogP contribution in [0.5, 0.6) is 0 Å². The molecule has 0 radical (unpaired) electrons. The van der Waals surface area contributed by atoms with Crippen molar-refractivity contribution in [2.75, 3.05) is 24.6 Å². The molecule has 1 unspecified atom stereocenters. The van der Waals surface area contributed by atoms with Gasteiger partial charge in [-0.15, -0.1) is 11.3 Å². The summed E-state index contributed by atoms with van der Waals surface area (Å²) in [6.45, 7) is 3.93. The number of carbonyl (C=O) groups is 2. The van der Waals surface area contributed by atoms with Crippen LogP contribution < -0.4 is 15.8 Å². The molecule has 4 N–H and O–H groups in total. The zero-order valence-electron chi connectivity index (χ0n) is 20.6. The molecular formula is C24H30N4O6S3. The first kappa shape index (κ1) is 28.7. The number of carbonyl (C=O) groups excluding carboxylic acids is 2. The van der Waals surface area contributed by atoms with E-state index in [4.69, 9.17) is 5.14 Å². The molecule has 0 saturated carbocycles. The monoisotopic (exact) mass is 566 g/mol. The fraction of sp³-hybridized carbons (Fsp3) is 0.375. The van der Waals surface area contributed by atoms with Gasteiger partial charge in [0.15, 0.2) is 15.1 Å². The number of hydrogen-bond donors (Lipinski definition) is 3. The van der Waals surface area contributed by atoms with Gasteiger partial charge in [0.25, 0.3) is 5.91 Å². The van der Waals surface area contributed by atoms with Crippen LogP contribution in [0.4, 0.5) is 0 Å². The molecule has 1 heterocycles. The van der Waals surface area contributed by atoms with E-state index in [1.165, 1.54) is 0 Å². The number of nitrogens with one attached hydrogen (secondary N) is 2. The predicted molar refractivity (Wildman–Crippen MR) is 145 cm³/mol. The molecule has 2 amide bonds. The normalized spacial score (nSPS) is 12.8. The molecule has 3 aromatic rings. The van der Waals surface area contributed by atoms with Gasteiger partial charge in [-0.25, -0.2) is 27.0 Å². The van der Waals surface area contributed by atoms with Crippen molar-refractivity contribution in [2.24, 2.45) is 5.14 Å². The Hall–Kier alpha value is -2.87. The first-order valence-electron chi connectivity index (χ1n) is 11.7. The summed E-state index contributed by atoms with van der Waals surface area (Å²) >= 11 is 1.08. The summed E-state index contributed by atoms with van der Waals surface area (Å²) in [5.41, 5.74) is 2.66. The summed E-state index contributed by atoms with van der Waals surface area (Å²) in [5.74, 6) is -1.75. The van der Waals surface area contributed by atoms with Gasteiger partial charge in [-0.2, -0.15) is 0 Å². The second-order valence-electron chi connectivity index (χ2n) is 8.48. The van der Waals surface area contributed by atoms with Crippen LogP contribution in [0.3, 0.4) is 0 Å². The maximum atomic E-state index is 13.0. The Labute approximate surface area is 220 Å². The molecule has 0 bridgehead atoms. The van der Waals surface area contributed by atoms with Gasteiger partial charge in [-0.05, 0) is 48.2 Å². The van der Waals surface area contributed by atoms with Gasteiger partial charge < -0.3 is 10.6 Å². The first-order chi connectivity index (χ1) is 17.4. The molecular weight excluding hydrogens is 536 g/mol. The van der Waals surface area contributed by atoms with Crippen molar-refractivity contribution in [1.29, 1.82) is 0 Å². The molecule has 1 atom stereocenters. The molecule has 200 valence electrons. The number of benzene rings is 2. The van der Waals surface area contributed by atoms with Crippen molar-refractivity contribution >= 4 is 53.2 Å². The second kappa shape index (κ2) is 12.1. The number of amides is 2. The van der Waals surface area contributed by atoms with E-state index in [2.05, 4.69) is 15.6 Å². The number of sulfone groups is 1. The van der Waals surface area contributed by atoms with Crippen molar-refractivity contribution in [3.05, 3.63) is 53.0 Å². The highest BCUT2D eigenvalue weighted by atomic mass is 32.2. The van der Waals surface area contributed by atoms with Crippen LogP contribution in [0, 0.1) is 0 Å². The highest BCUT2D eigenvalue weighted by Gasteiger charge is 2.36. The number of primary sulfonamides is 1. The molecule has 0 aliphatic carbocycles. The average Bonchev–Trinajstić information content (AvgIpc) is 3.23. The largest absolute Gasteiger partial charge is 0.354 e. The van der Waals surface area contributed by atoms with Crippen molar-refractivity contribution in [3.63, 3.8) is 0 Å². The lowest BCUT2D eigenvalue weighted by atomic mass is 10.0. The van der Waals surface area contributed by atoms with Crippen molar-refractivity contribution in [1.82, 2.24) is 15.6 Å². The van der Waals surface area contributed by atoms with E-state index in [0.717, 1.165) is 28.9 Å². The second-order valence-corrected chi connectivity index (χ2v) is 13.5. The van der Waals surface area contributed by atoms with Crippen LogP contribution in [0.1, 0.15) is 47.3 Å². The quantitative estimate of drug-likeness (QED) is 0.303. The van der Waals surface area contributed by atoms with Gasteiger partial charge in [0.1, 0.15) is 5.01 Å². The summed E-state index contributed by atoms with van der Waals surface area (Å²) in [6.07, 6.45) is 1.13. The number of nitrogens with zero attached hydrogens (tertiary/aromatic N) is 1. The minimum atomic E-state index is -3.91. The lowest BCUT2D eigenvalue weighted by Crippen LogP contribution is -2.38. The van der Waals surface area contributed by atoms with Gasteiger partial charge >= 0.3 is 0 Å². The van der Waals surface area contributed by atoms with Crippen molar-refractivity contribution in [3.8, 4) is 11.1 Å². The molecule has 10 nitrogen and oxygen atoms in total. The maximum absolute atomic E-state index is 13.0. The highest BCUT2D eigenvalue weighted by Crippen LogP contribution is 2.34. The third-order valence-corrected chi connectivity index (χ3v) is 9.53. The Morgan fingerprint density at radius 3 is 2.35 bits per heavy atom. The molecule has 0 aliphatic heterocycles. The molecule has 0 spiro atoms. The Morgan fingerprint density at radius 1 is 0.946 bits per heavy atom. The number of hydrogen-bond acceptors (Lipinski definition) is 8. The first-order valence-corrected chi connectivity index (χ1v) is 16.0. The van der Waals surface area contributed by atoms with E-state index in [9.17, 15) is 26.4 Å². The van der Waals surface area contributed by atoms with Crippen molar-refractivity contribution in [2.45, 2.75) is 31.9 Å². The van der Waals surface area contributed by atoms with E-state index >= 15 is 0 Å². The molecule has 2 aromatic carbocycles. The molecule has 0 fully saturated rings. The van der Waals surface area contributed by atoms with E-state index in [0.29, 0.717) is 28.7 Å². The van der Waals surface area contributed by atoms with Crippen LogP contribution in [-0.4, -0.2) is 58.2 Å². The molecule has 0 aliphatic rings. The number of thiazole rings is 1. The summed E-state index contributed by atoms with van der Waals surface area (Å²) in [7, 11) is -7.74. The van der Waals surface area contributed by atoms with Gasteiger partial charge in [-0.3, -0.25) is 9.59 Å². The van der Waals surface area contributed by atoms with E-state index < -0.39 is 36.8 Å². The zero-order valence-corrected chi connectivity index (χ0v) is 23.0. The SMILES string of the molecule is CCCNC(=O)c1cccc(-c2ccc3nc(C(C(=O)NCCS(N)(=O)=O)S(=O)(=O)CCC)sc3c2)c1. The van der Waals surface area contributed by atoms with Gasteiger partial charge in [0, 0.05) is 18.7 Å². The third kappa shape index (κ3) is 7.57. The number of fused-ring (bicyclic) bond motifs is 1. The predicted octanol–water partition coefficient (Wildman–Crippen LogP) is 2.37. The highest BCUT2D eigenvalue weighted by molar-refractivity contribution is 7.92. The molecule has 3 rings (SSSR count). The summed E-state index contributed by atoms with van der Waals surface area (Å²) < 4.78 is 49.1. The van der Waals surface area contributed by atoms with E-state index in [-0.39, 0.29) is 23.2 Å². The standard InChI is InChI=1S/C24H30N4O6S3/c1-3-10-26-22(29)18-7-5-6-16(14-18)17-8-9-19-20(15-17)35-24(28-19)21(36(31,32)12-4-2)23(30)27-11-13-37(25,33)34/h5-9,14-15,21H,3-4,10-13H2,1-2H3,(H,26,29)(H,27,30)(H2,25,33,34). The zero-order chi connectivity index (χ0) is 27.2. The minimum Gasteiger partial charge on any atom is -0.354 e. The average molecular weight is 567 g/mol. The Bertz CT molecular complexity index is 1500. The Kier molecular flexibility index (Phi) is 9.40. The third-order valence-electron chi connectivity index (χ3n) is 5.39. The lowest BCUT2D eigenvalue weighted by molar-refractivity contribution is -0.120. The number of nitrogens with two attached hydrogens (primary N) is 1. The fourth-order valence-corrected chi connectivity index (χ4v) is 7.19. The topological polar surface area (TPSA) is 165 Å². The van der Waals surface area contributed by atoms with Crippen LogP contribution in [0.2, 0.25) is 0 Å². The molecule has 37 heavy (non-hydrogen) atoms. The summed E-state index contributed by atoms with van der Waals surface area (Å²) in [6, 6.07) is 12.6. The number of sulfonamides is 1. The smallest absolute Gasteiger partial charge is 0.251 e.